The number of nitrogens with zero attached hydrogens (tertiary/aromatic N) is 2. The molecule has 2 rings (SSSR count). The number of amides is 2. The van der Waals surface area contributed by atoms with Gasteiger partial charge in [0.2, 0.25) is 0 Å². The van der Waals surface area contributed by atoms with Gasteiger partial charge in [0.05, 0.1) is 0 Å². The zero-order valence-electron chi connectivity index (χ0n) is 11.3. The van der Waals surface area contributed by atoms with Gasteiger partial charge >= 0.3 is 6.03 Å². The molecule has 1 aromatic rings. The van der Waals surface area contributed by atoms with Gasteiger partial charge in [-0.25, -0.2) is 4.79 Å². The van der Waals surface area contributed by atoms with Crippen LogP contribution in [0.25, 0.3) is 0 Å². The molecule has 1 aliphatic heterocycles. The molecule has 0 spiro atoms. The van der Waals surface area contributed by atoms with Crippen molar-refractivity contribution in [3.63, 3.8) is 0 Å². The molecule has 0 radical (unpaired) electrons. The summed E-state index contributed by atoms with van der Waals surface area (Å²) >= 11 is 1.68. The Kier molecular flexibility index (Phi) is 4.85. The average Bonchev–Trinajstić information content (AvgIpc) is 2.42. The fourth-order valence-electron chi connectivity index (χ4n) is 2.04. The van der Waals surface area contributed by atoms with Crippen LogP contribution in [0.4, 0.5) is 10.5 Å². The summed E-state index contributed by atoms with van der Waals surface area (Å²) in [6, 6.07) is 7.48. The highest BCUT2D eigenvalue weighted by atomic mass is 32.2. The zero-order valence-corrected chi connectivity index (χ0v) is 12.2. The van der Waals surface area contributed by atoms with Gasteiger partial charge in [0.1, 0.15) is 5.84 Å². The van der Waals surface area contributed by atoms with Gasteiger partial charge in [0.15, 0.2) is 0 Å². The van der Waals surface area contributed by atoms with Gasteiger partial charge in [0, 0.05) is 30.6 Å². The largest absolute Gasteiger partial charge is 0.363 e. The smallest absolute Gasteiger partial charge is 0.347 e. The van der Waals surface area contributed by atoms with Crippen molar-refractivity contribution < 1.29 is 4.79 Å². The first-order chi connectivity index (χ1) is 9.19. The molecular formula is C14H19N3OS. The third-order valence-electron chi connectivity index (χ3n) is 3.16. The van der Waals surface area contributed by atoms with Crippen molar-refractivity contribution in [3.8, 4) is 0 Å². The summed E-state index contributed by atoms with van der Waals surface area (Å²) in [6.45, 7) is 0.981. The van der Waals surface area contributed by atoms with Crippen LogP contribution in [0.3, 0.4) is 0 Å². The molecule has 1 aliphatic rings. The van der Waals surface area contributed by atoms with Crippen molar-refractivity contribution in [2.24, 2.45) is 4.99 Å². The molecule has 1 fully saturated rings. The molecule has 102 valence electrons. The molecule has 0 aromatic heterocycles. The van der Waals surface area contributed by atoms with Gasteiger partial charge in [-0.1, -0.05) is 0 Å². The average molecular weight is 277 g/mol. The molecular weight excluding hydrogens is 258 g/mol. The van der Waals surface area contributed by atoms with E-state index in [1.54, 1.807) is 11.8 Å². The standard InChI is InChI=1S/C14H19N3OS/c1-17-10-4-3-5-13(17)16-14(18)15-11-6-8-12(19-2)9-7-11/h6-9H,3-5,10H2,1-2H3,(H,15,18). The topological polar surface area (TPSA) is 44.7 Å². The highest BCUT2D eigenvalue weighted by Crippen LogP contribution is 2.17. The molecule has 0 aliphatic carbocycles. The lowest BCUT2D eigenvalue weighted by Crippen LogP contribution is -2.32. The van der Waals surface area contributed by atoms with Crippen LogP contribution < -0.4 is 5.32 Å². The molecule has 19 heavy (non-hydrogen) atoms. The van der Waals surface area contributed by atoms with Crippen molar-refractivity contribution >= 4 is 29.3 Å². The minimum atomic E-state index is -0.291. The van der Waals surface area contributed by atoms with E-state index in [9.17, 15) is 4.79 Å². The third-order valence-corrected chi connectivity index (χ3v) is 3.90. The minimum absolute atomic E-state index is 0.291. The van der Waals surface area contributed by atoms with E-state index in [1.807, 2.05) is 37.6 Å². The summed E-state index contributed by atoms with van der Waals surface area (Å²) < 4.78 is 0. The molecule has 0 atom stereocenters. The minimum Gasteiger partial charge on any atom is -0.363 e. The van der Waals surface area contributed by atoms with E-state index >= 15 is 0 Å². The molecule has 2 amide bonds. The number of carbonyl (C=O) groups excluding carboxylic acids is 1. The van der Waals surface area contributed by atoms with Gasteiger partial charge in [-0.15, -0.1) is 11.8 Å². The van der Waals surface area contributed by atoms with Crippen LogP contribution >= 0.6 is 11.8 Å². The van der Waals surface area contributed by atoms with Crippen molar-refractivity contribution in [2.75, 3.05) is 25.2 Å². The van der Waals surface area contributed by atoms with E-state index in [0.717, 1.165) is 30.9 Å². The van der Waals surface area contributed by atoms with Gasteiger partial charge in [-0.05, 0) is 43.4 Å². The van der Waals surface area contributed by atoms with E-state index in [0.29, 0.717) is 0 Å². The summed E-state index contributed by atoms with van der Waals surface area (Å²) in [5, 5.41) is 2.80. The number of urea groups is 1. The van der Waals surface area contributed by atoms with Crippen LogP contribution in [0.15, 0.2) is 34.2 Å². The number of carbonyl (C=O) groups is 1. The summed E-state index contributed by atoms with van der Waals surface area (Å²) in [4.78, 5) is 19.2. The molecule has 1 aromatic carbocycles. The second kappa shape index (κ2) is 6.61. The van der Waals surface area contributed by atoms with Gasteiger partial charge in [0.25, 0.3) is 0 Å². The maximum Gasteiger partial charge on any atom is 0.347 e. The van der Waals surface area contributed by atoms with Crippen LogP contribution in [0.1, 0.15) is 19.3 Å². The van der Waals surface area contributed by atoms with Crippen LogP contribution in [-0.2, 0) is 0 Å². The second-order valence-corrected chi connectivity index (χ2v) is 5.45. The number of piperidine rings is 1. The number of rotatable bonds is 2. The highest BCUT2D eigenvalue weighted by molar-refractivity contribution is 7.98. The number of anilines is 1. The van der Waals surface area contributed by atoms with E-state index in [-0.39, 0.29) is 6.03 Å². The Morgan fingerprint density at radius 3 is 2.68 bits per heavy atom. The molecule has 5 heteroatoms. The predicted molar refractivity (Wildman–Crippen MR) is 81.2 cm³/mol. The molecule has 0 unspecified atom stereocenters. The van der Waals surface area contributed by atoms with Crippen molar-refractivity contribution in [1.82, 2.24) is 4.90 Å². The maximum absolute atomic E-state index is 11.9. The Bertz CT molecular complexity index is 470. The van der Waals surface area contributed by atoms with E-state index in [2.05, 4.69) is 15.2 Å². The number of hydrogen-bond donors (Lipinski definition) is 1. The number of amidine groups is 1. The highest BCUT2D eigenvalue weighted by Gasteiger charge is 2.13. The summed E-state index contributed by atoms with van der Waals surface area (Å²) in [5.74, 6) is 0.879. The molecule has 0 saturated carbocycles. The van der Waals surface area contributed by atoms with Gasteiger partial charge in [-0.3, -0.25) is 0 Å². The normalized spacial score (nSPS) is 17.6. The van der Waals surface area contributed by atoms with E-state index in [1.165, 1.54) is 11.3 Å². The first kappa shape index (κ1) is 13.9. The number of hydrogen-bond acceptors (Lipinski definition) is 2. The summed E-state index contributed by atoms with van der Waals surface area (Å²) in [5.41, 5.74) is 0.783. The number of nitrogens with one attached hydrogen (secondary N) is 1. The second-order valence-electron chi connectivity index (χ2n) is 4.57. The Morgan fingerprint density at radius 1 is 1.32 bits per heavy atom. The maximum atomic E-state index is 11.9. The summed E-state index contributed by atoms with van der Waals surface area (Å²) in [7, 11) is 1.98. The first-order valence-electron chi connectivity index (χ1n) is 6.43. The van der Waals surface area contributed by atoms with Crippen LogP contribution in [0, 0.1) is 0 Å². The predicted octanol–water partition coefficient (Wildman–Crippen LogP) is 3.45. The zero-order chi connectivity index (χ0) is 13.7. The fourth-order valence-corrected chi connectivity index (χ4v) is 2.44. The number of benzene rings is 1. The van der Waals surface area contributed by atoms with Gasteiger partial charge < -0.3 is 10.2 Å². The van der Waals surface area contributed by atoms with E-state index < -0.39 is 0 Å². The molecule has 1 N–H and O–H groups in total. The van der Waals surface area contributed by atoms with Gasteiger partial charge in [-0.2, -0.15) is 4.99 Å². The quantitative estimate of drug-likeness (QED) is 0.842. The number of likely N-dealkylation sites (tertiary alicyclic amines) is 1. The van der Waals surface area contributed by atoms with Crippen molar-refractivity contribution in [2.45, 2.75) is 24.2 Å². The lowest BCUT2D eigenvalue weighted by Gasteiger charge is -2.25. The van der Waals surface area contributed by atoms with Crippen LogP contribution in [0.2, 0.25) is 0 Å². The Labute approximate surface area is 118 Å². The lowest BCUT2D eigenvalue weighted by atomic mass is 10.1. The molecule has 1 saturated heterocycles. The lowest BCUT2D eigenvalue weighted by molar-refractivity contribution is 0.259. The Morgan fingerprint density at radius 2 is 2.05 bits per heavy atom. The molecule has 4 nitrogen and oxygen atoms in total. The Balaban J connectivity index is 1.98. The number of aliphatic imine (C=N–C) groups is 1. The van der Waals surface area contributed by atoms with Crippen molar-refractivity contribution in [1.29, 1.82) is 0 Å². The number of thioether (sulfide) groups is 1. The van der Waals surface area contributed by atoms with Crippen LogP contribution in [0.5, 0.6) is 0 Å². The third kappa shape index (κ3) is 3.99. The van der Waals surface area contributed by atoms with E-state index in [4.69, 9.17) is 0 Å². The monoisotopic (exact) mass is 277 g/mol. The Hall–Kier alpha value is -1.49. The molecule has 0 bridgehead atoms. The fraction of sp³-hybridized carbons (Fsp3) is 0.429. The molecule has 1 heterocycles. The summed E-state index contributed by atoms with van der Waals surface area (Å²) in [6.07, 6.45) is 5.19. The first-order valence-corrected chi connectivity index (χ1v) is 7.65. The van der Waals surface area contributed by atoms with Crippen molar-refractivity contribution in [3.05, 3.63) is 24.3 Å². The van der Waals surface area contributed by atoms with Crippen LogP contribution in [-0.4, -0.2) is 36.6 Å². The SMILES string of the molecule is CSc1ccc(NC(=O)N=C2CCCCN2C)cc1.